The number of hydrogen-bond acceptors (Lipinski definition) is 9. The van der Waals surface area contributed by atoms with Gasteiger partial charge in [-0.05, 0) is 66.5 Å². The fraction of sp³-hybridized carbons (Fsp3) is 0.353. The van der Waals surface area contributed by atoms with Gasteiger partial charge in [-0.3, -0.25) is 33.6 Å². The number of halogens is 2. The van der Waals surface area contributed by atoms with Gasteiger partial charge in [0.2, 0.25) is 35.4 Å². The fourth-order valence-electron chi connectivity index (χ4n) is 8.44. The minimum atomic E-state index is -1.25. The number of rotatable bonds is 12. The molecule has 2 aliphatic heterocycles. The average Bonchev–Trinajstić information content (AvgIpc) is 3.33. The van der Waals surface area contributed by atoms with Crippen molar-refractivity contribution >= 4 is 41.2 Å². The van der Waals surface area contributed by atoms with Crippen molar-refractivity contribution in [1.82, 2.24) is 31.5 Å². The first kappa shape index (κ1) is 50.3. The summed E-state index contributed by atoms with van der Waals surface area (Å²) in [6.45, 7) is 2.33. The van der Waals surface area contributed by atoms with Gasteiger partial charge in [0.05, 0.1) is 30.6 Å². The number of fused-ring (bicyclic) bond motifs is 3. The molecule has 2 bridgehead atoms. The van der Waals surface area contributed by atoms with Crippen LogP contribution in [0, 0.1) is 17.0 Å². The molecule has 17 heteroatoms. The van der Waals surface area contributed by atoms with E-state index in [4.69, 9.17) is 10.5 Å². The Morgan fingerprint density at radius 2 is 1.57 bits per heavy atom. The van der Waals surface area contributed by atoms with Gasteiger partial charge in [-0.15, -0.1) is 0 Å². The van der Waals surface area contributed by atoms with Crippen LogP contribution in [0.4, 0.5) is 8.78 Å². The summed E-state index contributed by atoms with van der Waals surface area (Å²) in [6, 6.07) is 22.9. The number of carbonyl (C=O) groups excluding carboxylic acids is 7. The van der Waals surface area contributed by atoms with Crippen LogP contribution in [0.1, 0.15) is 58.8 Å². The van der Waals surface area contributed by atoms with Gasteiger partial charge in [-0.2, -0.15) is 0 Å². The Labute approximate surface area is 393 Å². The molecule has 1 saturated heterocycles. The number of nitrogens with one attached hydrogen (secondary N) is 5. The highest BCUT2D eigenvalue weighted by Gasteiger charge is 2.44. The van der Waals surface area contributed by atoms with Crippen LogP contribution in [-0.2, 0) is 59.3 Å². The highest BCUT2D eigenvalue weighted by atomic mass is 19.2. The van der Waals surface area contributed by atoms with Crippen molar-refractivity contribution in [2.45, 2.75) is 64.1 Å². The monoisotopic (exact) mass is 933 g/mol. The zero-order valence-electron chi connectivity index (χ0n) is 37.9. The largest absolute Gasteiger partial charge is 0.378 e. The maximum Gasteiger partial charge on any atom is 0.246 e. The van der Waals surface area contributed by atoms with Gasteiger partial charge in [0.25, 0.3) is 0 Å². The van der Waals surface area contributed by atoms with Crippen LogP contribution < -0.4 is 32.3 Å². The Morgan fingerprint density at radius 3 is 2.31 bits per heavy atom. The van der Waals surface area contributed by atoms with Crippen molar-refractivity contribution in [3.63, 3.8) is 0 Å². The second-order valence-electron chi connectivity index (χ2n) is 17.0. The van der Waals surface area contributed by atoms with E-state index in [0.717, 1.165) is 24.6 Å². The Bertz CT molecular complexity index is 2500. The van der Waals surface area contributed by atoms with Gasteiger partial charge in [0.15, 0.2) is 17.4 Å². The number of piperidine rings is 1. The quantitative estimate of drug-likeness (QED) is 0.0907. The summed E-state index contributed by atoms with van der Waals surface area (Å²) < 4.78 is 35.3. The van der Waals surface area contributed by atoms with E-state index in [1.165, 1.54) is 17.0 Å². The Hall–Kier alpha value is -7.11. The van der Waals surface area contributed by atoms with E-state index in [9.17, 15) is 38.0 Å². The summed E-state index contributed by atoms with van der Waals surface area (Å²) >= 11 is 0. The van der Waals surface area contributed by atoms with Crippen molar-refractivity contribution in [2.24, 2.45) is 11.1 Å². The molecule has 6 rings (SSSR count). The summed E-state index contributed by atoms with van der Waals surface area (Å²) in [5, 5.41) is 14.1. The minimum absolute atomic E-state index is 0.0173. The Balaban J connectivity index is 1.32. The molecule has 0 aliphatic carbocycles. The molecule has 4 aromatic rings. The SMILES string of the molecule is CC(=O)c1ccc(-c2ccc(C[C@@H]3NC(=O)[C@]4(Cc5ccccc5)CCCN(C4)C(=O)/C=C/C(=O)NCC[C@@H](C(=O)NCCOCCN)NC(=O)Cc4ccccc4CNC3=O)cc2)c(F)c1F. The van der Waals surface area contributed by atoms with Crippen molar-refractivity contribution in [3.8, 4) is 11.1 Å². The molecule has 68 heavy (non-hydrogen) atoms. The third-order valence-corrected chi connectivity index (χ3v) is 12.0. The van der Waals surface area contributed by atoms with Crippen LogP contribution >= 0.6 is 0 Å². The molecule has 1 fully saturated rings. The van der Waals surface area contributed by atoms with Gasteiger partial charge in [0.1, 0.15) is 12.1 Å². The number of nitrogens with zero attached hydrogens (tertiary/aromatic N) is 1. The molecule has 358 valence electrons. The Kier molecular flexibility index (Phi) is 17.8. The van der Waals surface area contributed by atoms with Gasteiger partial charge in [-0.25, -0.2) is 8.78 Å². The maximum absolute atomic E-state index is 15.2. The first-order valence-electron chi connectivity index (χ1n) is 22.6. The van der Waals surface area contributed by atoms with Crippen LogP contribution in [0.25, 0.3) is 11.1 Å². The maximum atomic E-state index is 15.2. The Morgan fingerprint density at radius 1 is 0.838 bits per heavy atom. The summed E-state index contributed by atoms with van der Waals surface area (Å²) in [4.78, 5) is 96.2. The van der Waals surface area contributed by atoms with Crippen LogP contribution in [-0.4, -0.2) is 104 Å². The second kappa shape index (κ2) is 24.1. The van der Waals surface area contributed by atoms with E-state index < -0.39 is 70.4 Å². The molecule has 15 nitrogen and oxygen atoms in total. The lowest BCUT2D eigenvalue weighted by atomic mass is 9.74. The molecule has 0 radical (unpaired) electrons. The molecular formula is C51H57F2N7O8. The number of Topliss-reactive ketones (excluding diaryl/α,β-unsaturated/α-hetero) is 1. The summed E-state index contributed by atoms with van der Waals surface area (Å²) in [5.74, 6) is -6.19. The smallest absolute Gasteiger partial charge is 0.246 e. The summed E-state index contributed by atoms with van der Waals surface area (Å²) in [6.07, 6.45) is 3.07. The zero-order valence-corrected chi connectivity index (χ0v) is 37.9. The lowest BCUT2D eigenvalue weighted by molar-refractivity contribution is -0.141. The van der Waals surface area contributed by atoms with Crippen LogP contribution in [0.2, 0.25) is 0 Å². The highest BCUT2D eigenvalue weighted by Crippen LogP contribution is 2.35. The van der Waals surface area contributed by atoms with Crippen LogP contribution in [0.5, 0.6) is 0 Å². The number of ketones is 1. The molecule has 6 amide bonds. The van der Waals surface area contributed by atoms with E-state index in [-0.39, 0.29) is 69.6 Å². The number of benzene rings is 4. The molecule has 2 heterocycles. The van der Waals surface area contributed by atoms with Gasteiger partial charge < -0.3 is 42.0 Å². The molecule has 0 saturated carbocycles. The standard InChI is InChI=1S/C51H57F2N7O8/c1-33(61)39-16-17-40(47(53)46(39)52)36-14-12-34(13-15-36)28-42-49(66)57-31-38-11-6-5-10-37(38)29-44(63)58-41(48(65)56-24-27-68-26-22-54)20-23-55-43(62)18-19-45(64)60-25-7-21-51(32-60,50(67)59-42)30-35-8-3-2-4-9-35/h2-6,8-19,41-42H,7,20-32,54H2,1H3,(H,55,62)(H,56,65)(H,57,66)(H,58,63)(H,59,67)/b19-18+/t41-,42-,51-/m0/s1. The van der Waals surface area contributed by atoms with Gasteiger partial charge in [-0.1, -0.05) is 84.9 Å². The highest BCUT2D eigenvalue weighted by molar-refractivity contribution is 5.98. The van der Waals surface area contributed by atoms with Crippen molar-refractivity contribution in [3.05, 3.63) is 143 Å². The van der Waals surface area contributed by atoms with E-state index in [1.807, 2.05) is 30.3 Å². The minimum Gasteiger partial charge on any atom is -0.378 e. The van der Waals surface area contributed by atoms with Crippen LogP contribution in [0.3, 0.4) is 0 Å². The van der Waals surface area contributed by atoms with E-state index in [1.54, 1.807) is 48.5 Å². The first-order valence-corrected chi connectivity index (χ1v) is 22.6. The molecule has 2 aliphatic rings. The van der Waals surface area contributed by atoms with Crippen molar-refractivity contribution in [1.29, 1.82) is 0 Å². The number of amides is 6. The molecule has 7 N–H and O–H groups in total. The third-order valence-electron chi connectivity index (χ3n) is 12.0. The zero-order chi connectivity index (χ0) is 48.6. The van der Waals surface area contributed by atoms with E-state index in [2.05, 4.69) is 26.6 Å². The molecule has 0 spiro atoms. The summed E-state index contributed by atoms with van der Waals surface area (Å²) in [7, 11) is 0. The van der Waals surface area contributed by atoms with Gasteiger partial charge >= 0.3 is 0 Å². The topological polar surface area (TPSA) is 218 Å². The predicted octanol–water partition coefficient (Wildman–Crippen LogP) is 3.22. The fourth-order valence-corrected chi connectivity index (χ4v) is 8.44. The van der Waals surface area contributed by atoms with E-state index >= 15 is 4.39 Å². The lowest BCUT2D eigenvalue weighted by Gasteiger charge is -2.42. The molecule has 0 unspecified atom stereocenters. The van der Waals surface area contributed by atoms with Crippen LogP contribution in [0.15, 0.2) is 103 Å². The number of carbonyl (C=O) groups is 7. The van der Waals surface area contributed by atoms with Gasteiger partial charge in [0, 0.05) is 63.4 Å². The number of hydrogen-bond donors (Lipinski definition) is 6. The van der Waals surface area contributed by atoms with Crippen molar-refractivity contribution < 1.29 is 47.1 Å². The molecule has 0 aromatic heterocycles. The average molecular weight is 934 g/mol. The molecule has 3 atom stereocenters. The number of nitrogens with two attached hydrogens (primary N) is 1. The normalized spacial score (nSPS) is 20.3. The van der Waals surface area contributed by atoms with E-state index in [0.29, 0.717) is 54.8 Å². The lowest BCUT2D eigenvalue weighted by Crippen LogP contribution is -2.58. The van der Waals surface area contributed by atoms with Crippen molar-refractivity contribution in [2.75, 3.05) is 45.9 Å². The predicted molar refractivity (Wildman–Crippen MR) is 249 cm³/mol. The third kappa shape index (κ3) is 13.5. The molecular weight excluding hydrogens is 877 g/mol. The first-order chi connectivity index (χ1) is 32.8. The number of ether oxygens (including phenoxy) is 1. The molecule has 4 aromatic carbocycles. The summed E-state index contributed by atoms with van der Waals surface area (Å²) in [5.41, 5.74) is 6.71. The second-order valence-corrected chi connectivity index (χ2v) is 17.0.